The number of nitrogens with two attached hydrogens (primary N) is 1. The molecular weight excluding hydrogens is 498 g/mol. The lowest BCUT2D eigenvalue weighted by Gasteiger charge is -2.21. The van der Waals surface area contributed by atoms with Crippen molar-refractivity contribution in [3.63, 3.8) is 0 Å². The van der Waals surface area contributed by atoms with Crippen LogP contribution >= 0.6 is 0 Å². The van der Waals surface area contributed by atoms with Crippen LogP contribution in [0.15, 0.2) is 48.5 Å². The van der Waals surface area contributed by atoms with E-state index in [0.29, 0.717) is 48.9 Å². The number of para-hydroxylation sites is 1. The van der Waals surface area contributed by atoms with Gasteiger partial charge in [0, 0.05) is 32.7 Å². The Balaban J connectivity index is 1.57. The number of hydrogen-bond donors (Lipinski definition) is 3. The number of halogens is 2. The van der Waals surface area contributed by atoms with Gasteiger partial charge in [-0.25, -0.2) is 18.3 Å². The number of hydrogen-bond acceptors (Lipinski definition) is 6. The van der Waals surface area contributed by atoms with E-state index in [1.54, 1.807) is 26.2 Å². The molecule has 0 aliphatic carbocycles. The molecule has 3 aromatic rings. The molecule has 0 bridgehead atoms. The van der Waals surface area contributed by atoms with E-state index in [9.17, 15) is 18.4 Å². The van der Waals surface area contributed by atoms with Crippen LogP contribution in [0.1, 0.15) is 17.0 Å². The molecule has 1 aliphatic rings. The SMILES string of the molecule is COCCN1C[C@@H](NC(=O)Nc2c(C)c(OCC(N)=O)nn2-c2ccccc2)[C@H](c2ccc(F)c(F)c2)C1. The van der Waals surface area contributed by atoms with Gasteiger partial charge in [-0.1, -0.05) is 24.3 Å². The van der Waals surface area contributed by atoms with Crippen molar-refractivity contribution in [1.82, 2.24) is 20.0 Å². The molecule has 38 heavy (non-hydrogen) atoms. The van der Waals surface area contributed by atoms with Crippen molar-refractivity contribution in [3.8, 4) is 11.6 Å². The molecule has 1 aliphatic heterocycles. The average molecular weight is 529 g/mol. The van der Waals surface area contributed by atoms with Crippen LogP contribution in [-0.2, 0) is 9.53 Å². The molecule has 0 unspecified atom stereocenters. The van der Waals surface area contributed by atoms with Gasteiger partial charge in [0.1, 0.15) is 5.82 Å². The first-order valence-electron chi connectivity index (χ1n) is 12.1. The normalized spacial score (nSPS) is 17.4. The summed E-state index contributed by atoms with van der Waals surface area (Å²) in [4.78, 5) is 26.6. The Kier molecular flexibility index (Phi) is 8.54. The Morgan fingerprint density at radius 3 is 2.58 bits per heavy atom. The molecular formula is C26H30F2N6O4. The number of rotatable bonds is 10. The number of carbonyl (C=O) groups is 2. The van der Waals surface area contributed by atoms with Gasteiger partial charge >= 0.3 is 6.03 Å². The van der Waals surface area contributed by atoms with Crippen LogP contribution in [0.25, 0.3) is 5.69 Å². The van der Waals surface area contributed by atoms with Crippen LogP contribution in [0.3, 0.4) is 0 Å². The van der Waals surface area contributed by atoms with Crippen LogP contribution in [-0.4, -0.2) is 72.6 Å². The number of urea groups is 1. The van der Waals surface area contributed by atoms with E-state index in [1.807, 2.05) is 18.2 Å². The van der Waals surface area contributed by atoms with E-state index in [0.717, 1.165) is 6.07 Å². The minimum atomic E-state index is -0.938. The quantitative estimate of drug-likeness (QED) is 0.372. The van der Waals surface area contributed by atoms with Gasteiger partial charge in [0.2, 0.25) is 5.88 Å². The minimum absolute atomic E-state index is 0.147. The second-order valence-corrected chi connectivity index (χ2v) is 9.02. The number of carbonyl (C=O) groups excluding carboxylic acids is 2. The zero-order valence-corrected chi connectivity index (χ0v) is 21.1. The maximum absolute atomic E-state index is 14.0. The zero-order valence-electron chi connectivity index (χ0n) is 21.1. The van der Waals surface area contributed by atoms with Crippen molar-refractivity contribution < 1.29 is 27.8 Å². The molecule has 0 spiro atoms. The maximum atomic E-state index is 14.0. The number of aromatic nitrogens is 2. The van der Waals surface area contributed by atoms with E-state index in [-0.39, 0.29) is 18.4 Å². The number of nitrogens with one attached hydrogen (secondary N) is 2. The number of anilines is 1. The van der Waals surface area contributed by atoms with Crippen molar-refractivity contribution in [3.05, 3.63) is 71.3 Å². The molecule has 2 aromatic carbocycles. The Morgan fingerprint density at radius 1 is 1.13 bits per heavy atom. The number of ether oxygens (including phenoxy) is 2. The highest BCUT2D eigenvalue weighted by Gasteiger charge is 2.35. The number of benzene rings is 2. The second-order valence-electron chi connectivity index (χ2n) is 9.02. The molecule has 3 amide bonds. The first kappa shape index (κ1) is 27.0. The minimum Gasteiger partial charge on any atom is -0.466 e. The van der Waals surface area contributed by atoms with Crippen LogP contribution in [0, 0.1) is 18.6 Å². The topological polar surface area (TPSA) is 124 Å². The predicted molar refractivity (Wildman–Crippen MR) is 136 cm³/mol. The summed E-state index contributed by atoms with van der Waals surface area (Å²) in [5.74, 6) is -2.31. The highest BCUT2D eigenvalue weighted by molar-refractivity contribution is 5.90. The fraction of sp³-hybridized carbons (Fsp3) is 0.346. The van der Waals surface area contributed by atoms with Crippen LogP contribution in [0.5, 0.6) is 5.88 Å². The number of amides is 3. The molecule has 4 rings (SSSR count). The summed E-state index contributed by atoms with van der Waals surface area (Å²) in [7, 11) is 1.60. The summed E-state index contributed by atoms with van der Waals surface area (Å²) in [5.41, 5.74) is 6.94. The molecule has 0 saturated carbocycles. The van der Waals surface area contributed by atoms with Gasteiger partial charge in [-0.3, -0.25) is 15.0 Å². The smallest absolute Gasteiger partial charge is 0.320 e. The van der Waals surface area contributed by atoms with Crippen molar-refractivity contribution in [2.45, 2.75) is 18.9 Å². The molecule has 4 N–H and O–H groups in total. The lowest BCUT2D eigenvalue weighted by molar-refractivity contribution is -0.120. The van der Waals surface area contributed by atoms with Gasteiger partial charge in [-0.2, -0.15) is 0 Å². The van der Waals surface area contributed by atoms with E-state index >= 15 is 0 Å². The molecule has 10 nitrogen and oxygen atoms in total. The number of likely N-dealkylation sites (tertiary alicyclic amines) is 1. The van der Waals surface area contributed by atoms with Crippen molar-refractivity contribution in [2.75, 3.05) is 45.3 Å². The molecule has 2 atom stereocenters. The third-order valence-electron chi connectivity index (χ3n) is 6.36. The van der Waals surface area contributed by atoms with E-state index in [1.165, 1.54) is 16.8 Å². The molecule has 12 heteroatoms. The Morgan fingerprint density at radius 2 is 1.89 bits per heavy atom. The van der Waals surface area contributed by atoms with Crippen LogP contribution < -0.4 is 21.1 Å². The summed E-state index contributed by atoms with van der Waals surface area (Å²) in [5, 5.41) is 10.2. The number of methoxy groups -OCH3 is 1. The molecule has 2 heterocycles. The Labute approximate surface area is 218 Å². The zero-order chi connectivity index (χ0) is 27.2. The van der Waals surface area contributed by atoms with Crippen LogP contribution in [0.2, 0.25) is 0 Å². The van der Waals surface area contributed by atoms with Gasteiger partial charge in [-0.15, -0.1) is 5.10 Å². The lowest BCUT2D eigenvalue weighted by atomic mass is 9.94. The Bertz CT molecular complexity index is 1290. The first-order valence-corrected chi connectivity index (χ1v) is 12.1. The van der Waals surface area contributed by atoms with Crippen LogP contribution in [0.4, 0.5) is 19.4 Å². The summed E-state index contributed by atoms with van der Waals surface area (Å²) in [6, 6.07) is 12.0. The summed E-state index contributed by atoms with van der Waals surface area (Å²) in [6.45, 7) is 3.47. The fourth-order valence-electron chi connectivity index (χ4n) is 4.48. The third-order valence-corrected chi connectivity index (χ3v) is 6.36. The fourth-order valence-corrected chi connectivity index (χ4v) is 4.48. The van der Waals surface area contributed by atoms with Gasteiger partial charge in [0.25, 0.3) is 5.91 Å². The van der Waals surface area contributed by atoms with Gasteiger partial charge in [0.05, 0.1) is 23.9 Å². The highest BCUT2D eigenvalue weighted by Crippen LogP contribution is 2.30. The van der Waals surface area contributed by atoms with E-state index in [4.69, 9.17) is 15.2 Å². The molecule has 202 valence electrons. The monoisotopic (exact) mass is 528 g/mol. The summed E-state index contributed by atoms with van der Waals surface area (Å²) in [6.07, 6.45) is 0. The van der Waals surface area contributed by atoms with E-state index < -0.39 is 29.6 Å². The number of nitrogens with zero attached hydrogens (tertiary/aromatic N) is 3. The third kappa shape index (κ3) is 6.26. The van der Waals surface area contributed by atoms with Gasteiger partial charge in [0.15, 0.2) is 18.2 Å². The summed E-state index contributed by atoms with van der Waals surface area (Å²) >= 11 is 0. The van der Waals surface area contributed by atoms with E-state index in [2.05, 4.69) is 20.6 Å². The molecule has 1 fully saturated rings. The maximum Gasteiger partial charge on any atom is 0.320 e. The Hall–Kier alpha value is -4.03. The highest BCUT2D eigenvalue weighted by atomic mass is 19.2. The summed E-state index contributed by atoms with van der Waals surface area (Å²) < 4.78 is 39.7. The molecule has 0 radical (unpaired) electrons. The largest absolute Gasteiger partial charge is 0.466 e. The number of primary amides is 1. The van der Waals surface area contributed by atoms with Crippen molar-refractivity contribution in [1.29, 1.82) is 0 Å². The molecule has 1 aromatic heterocycles. The van der Waals surface area contributed by atoms with Gasteiger partial charge in [-0.05, 0) is 36.8 Å². The second kappa shape index (κ2) is 12.0. The molecule has 1 saturated heterocycles. The van der Waals surface area contributed by atoms with Gasteiger partial charge < -0.3 is 20.5 Å². The first-order chi connectivity index (χ1) is 18.3. The van der Waals surface area contributed by atoms with Crippen molar-refractivity contribution >= 4 is 17.8 Å². The van der Waals surface area contributed by atoms with Crippen molar-refractivity contribution in [2.24, 2.45) is 5.73 Å². The average Bonchev–Trinajstić information content (AvgIpc) is 3.44. The predicted octanol–water partition coefficient (Wildman–Crippen LogP) is 2.56. The lowest BCUT2D eigenvalue weighted by Crippen LogP contribution is -2.42. The standard InChI is InChI=1S/C26H30F2N6O4/c1-16-24(34(18-6-4-3-5-7-18)32-25(16)38-15-23(29)35)31-26(36)30-22-14-33(10-11-37-2)13-19(22)17-8-9-20(27)21(28)12-17/h3-9,12,19,22H,10-11,13-15H2,1-2H3,(H2,29,35)(H2,30,31,36)/t19-,22+/m0/s1.